The van der Waals surface area contributed by atoms with Crippen LogP contribution in [0.15, 0.2) is 115 Å². The summed E-state index contributed by atoms with van der Waals surface area (Å²) in [6.45, 7) is 8.79. The first-order chi connectivity index (χ1) is 18.9. The lowest BCUT2D eigenvalue weighted by molar-refractivity contribution is 0.579. The molecule has 2 aliphatic rings. The van der Waals surface area contributed by atoms with Crippen molar-refractivity contribution in [1.29, 1.82) is 0 Å². The van der Waals surface area contributed by atoms with Gasteiger partial charge in [-0.3, -0.25) is 0 Å². The highest BCUT2D eigenvalue weighted by atomic mass is 31.2. The smallest absolute Gasteiger partial charge is 0.146 e. The van der Waals surface area contributed by atoms with Gasteiger partial charge in [-0.15, -0.1) is 0 Å². The lowest BCUT2D eigenvalue weighted by atomic mass is 9.66. The van der Waals surface area contributed by atoms with Crippen LogP contribution in [0.4, 0.5) is 0 Å². The topological polar surface area (TPSA) is 17.1 Å². The summed E-state index contributed by atoms with van der Waals surface area (Å²) in [5.74, 6) is 0.294. The molecule has 39 heavy (non-hydrogen) atoms. The van der Waals surface area contributed by atoms with E-state index < -0.39 is 12.6 Å². The summed E-state index contributed by atoms with van der Waals surface area (Å²) in [5.41, 5.74) is 10.5. The molecule has 0 fully saturated rings. The van der Waals surface area contributed by atoms with Gasteiger partial charge >= 0.3 is 0 Å². The molecule has 0 saturated carbocycles. The third-order valence-electron chi connectivity index (χ3n) is 8.98. The van der Waals surface area contributed by atoms with Crippen LogP contribution < -0.4 is 10.6 Å². The summed E-state index contributed by atoms with van der Waals surface area (Å²) in [6.07, 6.45) is 0. The molecule has 1 heterocycles. The van der Waals surface area contributed by atoms with E-state index in [0.29, 0.717) is 5.92 Å². The third kappa shape index (κ3) is 3.06. The van der Waals surface area contributed by atoms with Crippen molar-refractivity contribution >= 4 is 17.8 Å². The summed E-state index contributed by atoms with van der Waals surface area (Å²) in [6, 6.07) is 41.6. The van der Waals surface area contributed by atoms with Crippen LogP contribution in [-0.4, -0.2) is 5.66 Å². The van der Waals surface area contributed by atoms with E-state index in [1.54, 1.807) is 0 Å². The SMILES string of the molecule is CC(C)c1ccc2c(c1-c1ccccc1)P(=O)(C(C)C)c1ccccc1C21c2ccccc2-c2ccccc21. The molecule has 1 aliphatic heterocycles. The minimum Gasteiger partial charge on any atom is -0.313 e. The van der Waals surface area contributed by atoms with Crippen LogP contribution >= 0.6 is 7.14 Å². The second-order valence-electron chi connectivity index (χ2n) is 11.6. The van der Waals surface area contributed by atoms with E-state index in [-0.39, 0.29) is 5.66 Å². The standard InChI is InChI=1S/C37H33OP/c1-24(2)27-22-23-33-36(35(27)26-14-6-5-7-15-26)39(38,25(3)4)34-21-13-12-20-32(34)37(33)30-18-10-8-16-28(30)29-17-9-11-19-31(29)37/h5-25H,1-4H3. The monoisotopic (exact) mass is 524 g/mol. The summed E-state index contributed by atoms with van der Waals surface area (Å²) in [7, 11) is -3.04. The predicted octanol–water partition coefficient (Wildman–Crippen LogP) is 8.88. The molecule has 1 spiro atoms. The largest absolute Gasteiger partial charge is 0.313 e. The molecular weight excluding hydrogens is 491 g/mol. The fourth-order valence-electron chi connectivity index (χ4n) is 7.34. The first-order valence-electron chi connectivity index (χ1n) is 14.0. The number of benzene rings is 5. The highest BCUT2D eigenvalue weighted by Crippen LogP contribution is 2.65. The molecule has 1 unspecified atom stereocenters. The van der Waals surface area contributed by atoms with Crippen LogP contribution in [0.2, 0.25) is 0 Å². The van der Waals surface area contributed by atoms with E-state index in [2.05, 4.69) is 143 Å². The molecule has 2 heteroatoms. The van der Waals surface area contributed by atoms with Crippen LogP contribution in [0.5, 0.6) is 0 Å². The minimum atomic E-state index is -3.04. The van der Waals surface area contributed by atoms with E-state index >= 15 is 4.57 Å². The maximum absolute atomic E-state index is 15.9. The maximum Gasteiger partial charge on any atom is 0.146 e. The molecule has 5 aromatic rings. The van der Waals surface area contributed by atoms with Crippen molar-refractivity contribution in [1.82, 2.24) is 0 Å². The Balaban J connectivity index is 1.76. The maximum atomic E-state index is 15.9. The zero-order chi connectivity index (χ0) is 26.9. The summed E-state index contributed by atoms with van der Waals surface area (Å²) in [4.78, 5) is 0. The summed E-state index contributed by atoms with van der Waals surface area (Å²) in [5, 5.41) is 2.07. The third-order valence-corrected chi connectivity index (χ3v) is 12.7. The molecule has 0 saturated heterocycles. The van der Waals surface area contributed by atoms with Crippen LogP contribution in [0.1, 0.15) is 61.4 Å². The molecule has 1 aliphatic carbocycles. The molecule has 1 nitrogen and oxygen atoms in total. The van der Waals surface area contributed by atoms with Gasteiger partial charge in [0, 0.05) is 16.3 Å². The number of hydrogen-bond acceptors (Lipinski definition) is 1. The number of hydrogen-bond donors (Lipinski definition) is 0. The molecule has 0 aromatic heterocycles. The van der Waals surface area contributed by atoms with Gasteiger partial charge in [-0.1, -0.05) is 143 Å². The van der Waals surface area contributed by atoms with E-state index in [1.165, 1.54) is 38.9 Å². The fraction of sp³-hybridized carbons (Fsp3) is 0.189. The van der Waals surface area contributed by atoms with E-state index in [1.807, 2.05) is 0 Å². The summed E-state index contributed by atoms with van der Waals surface area (Å²) >= 11 is 0. The lowest BCUT2D eigenvalue weighted by Gasteiger charge is -2.45. The molecule has 0 amide bonds. The van der Waals surface area contributed by atoms with E-state index in [0.717, 1.165) is 21.7 Å². The predicted molar refractivity (Wildman–Crippen MR) is 165 cm³/mol. The van der Waals surface area contributed by atoms with E-state index in [4.69, 9.17) is 0 Å². The van der Waals surface area contributed by atoms with Gasteiger partial charge in [-0.2, -0.15) is 0 Å². The van der Waals surface area contributed by atoms with Gasteiger partial charge in [-0.05, 0) is 56.0 Å². The van der Waals surface area contributed by atoms with Crippen molar-refractivity contribution in [2.45, 2.75) is 44.7 Å². The van der Waals surface area contributed by atoms with E-state index in [9.17, 15) is 0 Å². The zero-order valence-corrected chi connectivity index (χ0v) is 23.9. The van der Waals surface area contributed by atoms with Crippen LogP contribution in [0, 0.1) is 0 Å². The Bertz CT molecular complexity index is 1750. The average Bonchev–Trinajstić information content (AvgIpc) is 3.26. The fourth-order valence-corrected chi connectivity index (χ4v) is 10.8. The molecular formula is C37H33OP. The Labute approximate surface area is 231 Å². The molecule has 1 atom stereocenters. The lowest BCUT2D eigenvalue weighted by Crippen LogP contribution is -2.46. The molecule has 0 radical (unpaired) electrons. The first-order valence-corrected chi connectivity index (χ1v) is 15.8. The normalized spacial score (nSPS) is 18.1. The molecule has 0 bridgehead atoms. The molecule has 5 aromatic carbocycles. The van der Waals surface area contributed by atoms with Crippen molar-refractivity contribution in [3.8, 4) is 22.3 Å². The second kappa shape index (κ2) is 8.67. The number of fused-ring (bicyclic) bond motifs is 9. The highest BCUT2D eigenvalue weighted by molar-refractivity contribution is 7.79. The van der Waals surface area contributed by atoms with Gasteiger partial charge in [0.1, 0.15) is 7.14 Å². The van der Waals surface area contributed by atoms with Gasteiger partial charge < -0.3 is 4.57 Å². The second-order valence-corrected chi connectivity index (χ2v) is 14.8. The first kappa shape index (κ1) is 24.4. The Morgan fingerprint density at radius 1 is 0.564 bits per heavy atom. The highest BCUT2D eigenvalue weighted by Gasteiger charge is 2.56. The van der Waals surface area contributed by atoms with Crippen LogP contribution in [-0.2, 0) is 9.98 Å². The van der Waals surface area contributed by atoms with Crippen LogP contribution in [0.3, 0.4) is 0 Å². The average molecular weight is 525 g/mol. The Morgan fingerprint density at radius 3 is 1.69 bits per heavy atom. The van der Waals surface area contributed by atoms with Gasteiger partial charge in [0.05, 0.1) is 5.41 Å². The number of rotatable bonds is 3. The van der Waals surface area contributed by atoms with Crippen LogP contribution in [0.25, 0.3) is 22.3 Å². The zero-order valence-electron chi connectivity index (χ0n) is 23.0. The molecule has 7 rings (SSSR count). The Kier molecular flexibility index (Phi) is 5.42. The quantitative estimate of drug-likeness (QED) is 0.211. The van der Waals surface area contributed by atoms with Gasteiger partial charge in [-0.25, -0.2) is 0 Å². The van der Waals surface area contributed by atoms with Crippen molar-refractivity contribution in [3.63, 3.8) is 0 Å². The Morgan fingerprint density at radius 2 is 1.10 bits per heavy atom. The van der Waals surface area contributed by atoms with Gasteiger partial charge in [0.25, 0.3) is 0 Å². The molecule has 192 valence electrons. The van der Waals surface area contributed by atoms with Crippen molar-refractivity contribution in [3.05, 3.63) is 143 Å². The Hall–Kier alpha value is -3.67. The van der Waals surface area contributed by atoms with Gasteiger partial charge in [0.2, 0.25) is 0 Å². The van der Waals surface area contributed by atoms with Gasteiger partial charge in [0.15, 0.2) is 0 Å². The van der Waals surface area contributed by atoms with Crippen molar-refractivity contribution < 1.29 is 4.57 Å². The summed E-state index contributed by atoms with van der Waals surface area (Å²) < 4.78 is 15.9. The molecule has 0 N–H and O–H groups in total. The van der Waals surface area contributed by atoms with Crippen molar-refractivity contribution in [2.75, 3.05) is 0 Å². The van der Waals surface area contributed by atoms with Crippen molar-refractivity contribution in [2.24, 2.45) is 0 Å². The minimum absolute atomic E-state index is 0.0356.